The maximum Gasteiger partial charge on any atom is 0.238 e. The topological polar surface area (TPSA) is 58.5 Å². The largest absolute Gasteiger partial charge is 0.379 e. The fourth-order valence-corrected chi connectivity index (χ4v) is 3.46. The number of carbonyl (C=O) groups excluding carboxylic acids is 1. The molecule has 1 aromatic heterocycles. The number of ether oxygens (including phenoxy) is 1. The minimum atomic E-state index is 0. The number of nitrogens with zero attached hydrogens (tertiary/aromatic N) is 2. The van der Waals surface area contributed by atoms with Crippen molar-refractivity contribution in [3.63, 3.8) is 0 Å². The van der Waals surface area contributed by atoms with E-state index in [1.807, 2.05) is 6.07 Å². The number of nitrogens with one attached hydrogen (secondary N) is 2. The Bertz CT molecular complexity index is 758. The number of amides is 1. The summed E-state index contributed by atoms with van der Waals surface area (Å²) in [5.74, 6) is 0.813. The highest BCUT2D eigenvalue weighted by Crippen LogP contribution is 2.27. The third kappa shape index (κ3) is 6.36. The second-order valence-corrected chi connectivity index (χ2v) is 7.36. The number of benzene rings is 1. The van der Waals surface area contributed by atoms with E-state index >= 15 is 0 Å². The second kappa shape index (κ2) is 11.0. The van der Waals surface area contributed by atoms with Gasteiger partial charge in [-0.3, -0.25) is 9.69 Å². The van der Waals surface area contributed by atoms with Gasteiger partial charge in [-0.1, -0.05) is 0 Å². The summed E-state index contributed by atoms with van der Waals surface area (Å²) in [6.07, 6.45) is 4.73. The molecule has 4 rings (SSSR count). The molecule has 0 radical (unpaired) electrons. The maximum atomic E-state index is 12.0. The third-order valence-electron chi connectivity index (χ3n) is 5.23. The number of anilines is 1. The first kappa shape index (κ1) is 23.0. The van der Waals surface area contributed by atoms with Gasteiger partial charge in [-0.25, -0.2) is 0 Å². The molecule has 2 heterocycles. The Labute approximate surface area is 178 Å². The molecule has 1 amide bonds. The number of carbonyl (C=O) groups is 1. The summed E-state index contributed by atoms with van der Waals surface area (Å²) in [5.41, 5.74) is 2.07. The average molecular weight is 429 g/mol. The lowest BCUT2D eigenvalue weighted by atomic mass is 10.2. The van der Waals surface area contributed by atoms with Crippen molar-refractivity contribution in [3.8, 4) is 0 Å². The molecule has 1 aromatic carbocycles. The molecule has 0 atom stereocenters. The van der Waals surface area contributed by atoms with Gasteiger partial charge in [-0.05, 0) is 49.6 Å². The normalized spacial score (nSPS) is 17.0. The van der Waals surface area contributed by atoms with Crippen molar-refractivity contribution in [2.24, 2.45) is 5.92 Å². The van der Waals surface area contributed by atoms with Crippen LogP contribution < -0.4 is 10.6 Å². The van der Waals surface area contributed by atoms with E-state index in [9.17, 15) is 4.79 Å². The van der Waals surface area contributed by atoms with Gasteiger partial charge in [-0.15, -0.1) is 24.8 Å². The van der Waals surface area contributed by atoms with Crippen molar-refractivity contribution in [1.29, 1.82) is 0 Å². The van der Waals surface area contributed by atoms with Crippen molar-refractivity contribution >= 4 is 47.3 Å². The predicted molar refractivity (Wildman–Crippen MR) is 118 cm³/mol. The van der Waals surface area contributed by atoms with Gasteiger partial charge in [0, 0.05) is 49.0 Å². The van der Waals surface area contributed by atoms with Crippen molar-refractivity contribution in [3.05, 3.63) is 30.5 Å². The molecule has 1 aliphatic carbocycles. The van der Waals surface area contributed by atoms with Crippen LogP contribution in [0.25, 0.3) is 10.9 Å². The number of hydrogen-bond donors (Lipinski definition) is 2. The summed E-state index contributed by atoms with van der Waals surface area (Å²) in [6.45, 7) is 7.07. The van der Waals surface area contributed by atoms with Crippen molar-refractivity contribution in [2.75, 3.05) is 51.3 Å². The molecule has 28 heavy (non-hydrogen) atoms. The van der Waals surface area contributed by atoms with Crippen molar-refractivity contribution in [1.82, 2.24) is 14.8 Å². The summed E-state index contributed by atoms with van der Waals surface area (Å²) in [6, 6.07) is 8.27. The molecule has 1 saturated carbocycles. The van der Waals surface area contributed by atoms with Crippen molar-refractivity contribution in [2.45, 2.75) is 19.4 Å². The van der Waals surface area contributed by atoms with Crippen LogP contribution in [0.4, 0.5) is 5.69 Å². The Balaban J connectivity index is 0.00000140. The molecule has 8 heteroatoms. The molecule has 0 unspecified atom stereocenters. The highest BCUT2D eigenvalue weighted by molar-refractivity contribution is 5.95. The van der Waals surface area contributed by atoms with E-state index in [1.165, 1.54) is 18.4 Å². The number of hydrogen-bond acceptors (Lipinski definition) is 4. The number of halogens is 2. The second-order valence-electron chi connectivity index (χ2n) is 7.36. The molecule has 2 aliphatic rings. The standard InChI is InChI=1S/C20H28N4O2.2ClH/c25-20(15-21-14-16-1-2-16)22-18-3-4-19-17(13-18)5-6-24(19)8-7-23-9-11-26-12-10-23;;/h3-6,13,16,21H,1-2,7-12,14-15H2,(H,22,25);2*1H. The van der Waals surface area contributed by atoms with Crippen LogP contribution >= 0.6 is 24.8 Å². The summed E-state index contributed by atoms with van der Waals surface area (Å²) in [4.78, 5) is 14.5. The Morgan fingerprint density at radius 1 is 1.11 bits per heavy atom. The van der Waals surface area contributed by atoms with E-state index in [2.05, 4.69) is 44.5 Å². The highest BCUT2D eigenvalue weighted by atomic mass is 35.5. The van der Waals surface area contributed by atoms with Gasteiger partial charge in [0.05, 0.1) is 19.8 Å². The Morgan fingerprint density at radius 3 is 2.64 bits per heavy atom. The van der Waals surface area contributed by atoms with Gasteiger partial charge >= 0.3 is 0 Å². The molecule has 0 bridgehead atoms. The van der Waals surface area contributed by atoms with Crippen LogP contribution in [0.3, 0.4) is 0 Å². The molecule has 2 N–H and O–H groups in total. The Hall–Kier alpha value is -1.31. The van der Waals surface area contributed by atoms with Crippen LogP contribution in [0.1, 0.15) is 12.8 Å². The third-order valence-corrected chi connectivity index (χ3v) is 5.23. The molecular weight excluding hydrogens is 399 g/mol. The zero-order chi connectivity index (χ0) is 17.8. The minimum Gasteiger partial charge on any atom is -0.379 e. The average Bonchev–Trinajstić information content (AvgIpc) is 3.39. The number of aromatic nitrogens is 1. The molecular formula is C20H30Cl2N4O2. The molecule has 2 aromatic rings. The lowest BCUT2D eigenvalue weighted by Gasteiger charge is -2.26. The fraction of sp³-hybridized carbons (Fsp3) is 0.550. The summed E-state index contributed by atoms with van der Waals surface area (Å²) in [5, 5.41) is 7.38. The lowest BCUT2D eigenvalue weighted by Crippen LogP contribution is -2.38. The lowest BCUT2D eigenvalue weighted by molar-refractivity contribution is -0.115. The summed E-state index contributed by atoms with van der Waals surface area (Å²) in [7, 11) is 0. The van der Waals surface area contributed by atoms with E-state index in [0.717, 1.165) is 62.9 Å². The monoisotopic (exact) mass is 428 g/mol. The first-order chi connectivity index (χ1) is 12.8. The smallest absolute Gasteiger partial charge is 0.238 e. The molecule has 1 saturated heterocycles. The summed E-state index contributed by atoms with van der Waals surface area (Å²) < 4.78 is 7.69. The van der Waals surface area contributed by atoms with Crippen LogP contribution in [-0.2, 0) is 16.1 Å². The summed E-state index contributed by atoms with van der Waals surface area (Å²) >= 11 is 0. The predicted octanol–water partition coefficient (Wildman–Crippen LogP) is 2.76. The van der Waals surface area contributed by atoms with E-state index < -0.39 is 0 Å². The van der Waals surface area contributed by atoms with Gasteiger partial charge in [0.15, 0.2) is 0 Å². The first-order valence-corrected chi connectivity index (χ1v) is 9.67. The SMILES string of the molecule is Cl.Cl.O=C(CNCC1CC1)Nc1ccc2c(ccn2CCN2CCOCC2)c1. The highest BCUT2D eigenvalue weighted by Gasteiger charge is 2.20. The zero-order valence-corrected chi connectivity index (χ0v) is 17.7. The molecule has 0 spiro atoms. The van der Waals surface area contributed by atoms with Crippen LogP contribution in [0.15, 0.2) is 30.5 Å². The molecule has 6 nitrogen and oxygen atoms in total. The Kier molecular flexibility index (Phi) is 9.05. The Morgan fingerprint density at radius 2 is 1.89 bits per heavy atom. The molecule has 1 aliphatic heterocycles. The van der Waals surface area contributed by atoms with Crippen molar-refractivity contribution < 1.29 is 9.53 Å². The van der Waals surface area contributed by atoms with Gasteiger partial charge in [-0.2, -0.15) is 0 Å². The molecule has 156 valence electrons. The van der Waals surface area contributed by atoms with Crippen LogP contribution in [0.5, 0.6) is 0 Å². The number of morpholine rings is 1. The fourth-order valence-electron chi connectivity index (χ4n) is 3.46. The van der Waals surface area contributed by atoms with Gasteiger partial charge in [0.1, 0.15) is 0 Å². The van der Waals surface area contributed by atoms with Gasteiger partial charge in [0.25, 0.3) is 0 Å². The quantitative estimate of drug-likeness (QED) is 0.678. The number of fused-ring (bicyclic) bond motifs is 1. The zero-order valence-electron chi connectivity index (χ0n) is 16.1. The van der Waals surface area contributed by atoms with Gasteiger partial charge in [0.2, 0.25) is 5.91 Å². The van der Waals surface area contributed by atoms with Crippen LogP contribution in [-0.4, -0.2) is 61.3 Å². The number of rotatable bonds is 8. The van der Waals surface area contributed by atoms with Crippen LogP contribution in [0, 0.1) is 5.92 Å². The first-order valence-electron chi connectivity index (χ1n) is 9.67. The maximum absolute atomic E-state index is 12.0. The van der Waals surface area contributed by atoms with Crippen LogP contribution in [0.2, 0.25) is 0 Å². The molecule has 2 fully saturated rings. The van der Waals surface area contributed by atoms with E-state index in [1.54, 1.807) is 0 Å². The van der Waals surface area contributed by atoms with E-state index in [0.29, 0.717) is 6.54 Å². The minimum absolute atomic E-state index is 0. The van der Waals surface area contributed by atoms with Gasteiger partial charge < -0.3 is 19.9 Å². The van der Waals surface area contributed by atoms with E-state index in [4.69, 9.17) is 4.74 Å². The van der Waals surface area contributed by atoms with E-state index in [-0.39, 0.29) is 30.7 Å².